The summed E-state index contributed by atoms with van der Waals surface area (Å²) in [6.45, 7) is 0. The molecule has 0 aliphatic heterocycles. The molecule has 1 fully saturated rings. The fourth-order valence-electron chi connectivity index (χ4n) is 0.757. The summed E-state index contributed by atoms with van der Waals surface area (Å²) >= 11 is 0. The molecule has 0 aromatic heterocycles. The monoisotopic (exact) mass is 157 g/mol. The first kappa shape index (κ1) is 8.04. The van der Waals surface area contributed by atoms with Gasteiger partial charge in [0.2, 0.25) is 0 Å². The first-order valence-electron chi connectivity index (χ1n) is 3.59. The van der Waals surface area contributed by atoms with Crippen molar-refractivity contribution in [2.45, 2.75) is 25.4 Å². The molecule has 1 saturated carbocycles. The second kappa shape index (κ2) is 3.95. The number of aliphatic imine (C=N–C) groups is 1. The summed E-state index contributed by atoms with van der Waals surface area (Å²) in [4.78, 5) is 14.1. The van der Waals surface area contributed by atoms with Crippen LogP contribution < -0.4 is 0 Å². The molecule has 0 saturated heterocycles. The lowest BCUT2D eigenvalue weighted by Crippen LogP contribution is -2.23. The van der Waals surface area contributed by atoms with Crippen molar-refractivity contribution < 1.29 is 14.3 Å². The van der Waals surface area contributed by atoms with Gasteiger partial charge in [-0.2, -0.15) is 0 Å². The molecule has 0 atom stereocenters. The molecule has 0 radical (unpaired) electrons. The van der Waals surface area contributed by atoms with Gasteiger partial charge < -0.3 is 9.47 Å². The van der Waals surface area contributed by atoms with Gasteiger partial charge in [-0.25, -0.2) is 4.79 Å². The molecule has 62 valence electrons. The molecular weight excluding hydrogens is 146 g/mol. The molecule has 4 nitrogen and oxygen atoms in total. The first-order valence-corrected chi connectivity index (χ1v) is 3.59. The second-order valence-electron chi connectivity index (χ2n) is 2.41. The molecular formula is C7H11NO3. The molecule has 0 spiro atoms. The lowest BCUT2D eigenvalue weighted by molar-refractivity contribution is 0.0593. The van der Waals surface area contributed by atoms with Gasteiger partial charge in [0.1, 0.15) is 6.10 Å². The van der Waals surface area contributed by atoms with Crippen molar-refractivity contribution in [2.24, 2.45) is 4.99 Å². The SMILES string of the molecule is COC=NC(=O)OC1CCC1. The molecule has 11 heavy (non-hydrogen) atoms. The first-order chi connectivity index (χ1) is 5.33. The minimum absolute atomic E-state index is 0.0940. The Hall–Kier alpha value is -1.06. The Bertz CT molecular complexity index is 163. The molecule has 0 heterocycles. The summed E-state index contributed by atoms with van der Waals surface area (Å²) in [5, 5.41) is 0. The lowest BCUT2D eigenvalue weighted by Gasteiger charge is -2.23. The predicted molar refractivity (Wildman–Crippen MR) is 39.6 cm³/mol. The van der Waals surface area contributed by atoms with E-state index in [2.05, 4.69) is 9.73 Å². The Morgan fingerprint density at radius 2 is 2.36 bits per heavy atom. The highest BCUT2D eigenvalue weighted by Gasteiger charge is 2.20. The largest absolute Gasteiger partial charge is 0.486 e. The van der Waals surface area contributed by atoms with Crippen molar-refractivity contribution in [1.29, 1.82) is 0 Å². The summed E-state index contributed by atoms with van der Waals surface area (Å²) in [6, 6.07) is 0. The number of carbonyl (C=O) groups excluding carboxylic acids is 1. The average Bonchev–Trinajstić information content (AvgIpc) is 1.93. The molecule has 0 aromatic carbocycles. The van der Waals surface area contributed by atoms with Gasteiger partial charge in [0.15, 0.2) is 6.40 Å². The Labute approximate surface area is 65.2 Å². The van der Waals surface area contributed by atoms with Crippen LogP contribution in [0.5, 0.6) is 0 Å². The van der Waals surface area contributed by atoms with Crippen LogP contribution in [0, 0.1) is 0 Å². The lowest BCUT2D eigenvalue weighted by atomic mass is 9.96. The summed E-state index contributed by atoms with van der Waals surface area (Å²) in [6.07, 6.45) is 3.68. The van der Waals surface area contributed by atoms with E-state index < -0.39 is 6.09 Å². The maximum absolute atomic E-state index is 10.7. The van der Waals surface area contributed by atoms with Crippen LogP contribution in [0.25, 0.3) is 0 Å². The third kappa shape index (κ3) is 2.57. The molecule has 0 aromatic rings. The van der Waals surface area contributed by atoms with E-state index >= 15 is 0 Å². The average molecular weight is 157 g/mol. The van der Waals surface area contributed by atoms with E-state index in [1.54, 1.807) is 0 Å². The Morgan fingerprint density at radius 1 is 1.64 bits per heavy atom. The normalized spacial score (nSPS) is 17.9. The molecule has 1 amide bonds. The van der Waals surface area contributed by atoms with Crippen LogP contribution in [-0.4, -0.2) is 25.7 Å². The molecule has 1 rings (SSSR count). The highest BCUT2D eigenvalue weighted by molar-refractivity contribution is 5.76. The van der Waals surface area contributed by atoms with E-state index in [0.717, 1.165) is 25.7 Å². The van der Waals surface area contributed by atoms with Gasteiger partial charge in [0.25, 0.3) is 0 Å². The third-order valence-electron chi connectivity index (χ3n) is 1.58. The minimum atomic E-state index is -0.559. The van der Waals surface area contributed by atoms with Gasteiger partial charge in [-0.15, -0.1) is 4.99 Å². The van der Waals surface area contributed by atoms with Crippen molar-refractivity contribution in [3.63, 3.8) is 0 Å². The quantitative estimate of drug-likeness (QED) is 0.449. The van der Waals surface area contributed by atoms with Crippen LogP contribution >= 0.6 is 0 Å². The zero-order chi connectivity index (χ0) is 8.10. The molecule has 0 unspecified atom stereocenters. The number of hydrogen-bond acceptors (Lipinski definition) is 3. The van der Waals surface area contributed by atoms with E-state index in [-0.39, 0.29) is 6.10 Å². The Morgan fingerprint density at radius 3 is 2.82 bits per heavy atom. The van der Waals surface area contributed by atoms with Crippen LogP contribution in [0.15, 0.2) is 4.99 Å². The highest BCUT2D eigenvalue weighted by Crippen LogP contribution is 2.22. The standard InChI is InChI=1S/C7H11NO3/c1-10-5-8-7(9)11-6-3-2-4-6/h5-6H,2-4H2,1H3. The predicted octanol–water partition coefficient (Wildman–Crippen LogP) is 1.35. The van der Waals surface area contributed by atoms with Gasteiger partial charge in [-0.1, -0.05) is 0 Å². The van der Waals surface area contributed by atoms with Crippen LogP contribution in [0.3, 0.4) is 0 Å². The Balaban J connectivity index is 2.14. The van der Waals surface area contributed by atoms with Crippen LogP contribution in [0.1, 0.15) is 19.3 Å². The Kier molecular flexibility index (Phi) is 2.89. The van der Waals surface area contributed by atoms with E-state index in [4.69, 9.17) is 4.74 Å². The topological polar surface area (TPSA) is 47.9 Å². The molecule has 1 aliphatic rings. The second-order valence-corrected chi connectivity index (χ2v) is 2.41. The van der Waals surface area contributed by atoms with E-state index in [0.29, 0.717) is 0 Å². The zero-order valence-corrected chi connectivity index (χ0v) is 6.45. The third-order valence-corrected chi connectivity index (χ3v) is 1.58. The van der Waals surface area contributed by atoms with Crippen molar-refractivity contribution in [3.05, 3.63) is 0 Å². The summed E-state index contributed by atoms with van der Waals surface area (Å²) < 4.78 is 9.32. The number of amides is 1. The number of nitrogens with zero attached hydrogens (tertiary/aromatic N) is 1. The van der Waals surface area contributed by atoms with Gasteiger partial charge in [0.05, 0.1) is 7.11 Å². The van der Waals surface area contributed by atoms with E-state index in [1.807, 2.05) is 0 Å². The molecule has 0 N–H and O–H groups in total. The summed E-state index contributed by atoms with van der Waals surface area (Å²) in [5.41, 5.74) is 0. The van der Waals surface area contributed by atoms with Gasteiger partial charge in [-0.3, -0.25) is 0 Å². The fourth-order valence-corrected chi connectivity index (χ4v) is 0.757. The highest BCUT2D eigenvalue weighted by atomic mass is 16.6. The fraction of sp³-hybridized carbons (Fsp3) is 0.714. The zero-order valence-electron chi connectivity index (χ0n) is 6.45. The summed E-state index contributed by atoms with van der Waals surface area (Å²) in [7, 11) is 1.43. The van der Waals surface area contributed by atoms with Crippen molar-refractivity contribution >= 4 is 12.5 Å². The van der Waals surface area contributed by atoms with Crippen LogP contribution in [0.2, 0.25) is 0 Å². The van der Waals surface area contributed by atoms with Gasteiger partial charge in [-0.05, 0) is 19.3 Å². The number of hydrogen-bond donors (Lipinski definition) is 0. The van der Waals surface area contributed by atoms with Gasteiger partial charge in [0, 0.05) is 0 Å². The van der Waals surface area contributed by atoms with E-state index in [1.165, 1.54) is 7.11 Å². The van der Waals surface area contributed by atoms with Crippen molar-refractivity contribution in [1.82, 2.24) is 0 Å². The van der Waals surface area contributed by atoms with Gasteiger partial charge >= 0.3 is 6.09 Å². The maximum atomic E-state index is 10.7. The van der Waals surface area contributed by atoms with Crippen molar-refractivity contribution in [2.75, 3.05) is 7.11 Å². The maximum Gasteiger partial charge on any atom is 0.436 e. The molecule has 0 bridgehead atoms. The minimum Gasteiger partial charge on any atom is -0.486 e. The number of rotatable bonds is 2. The van der Waals surface area contributed by atoms with E-state index in [9.17, 15) is 4.79 Å². The van der Waals surface area contributed by atoms with Crippen molar-refractivity contribution in [3.8, 4) is 0 Å². The number of methoxy groups -OCH3 is 1. The summed E-state index contributed by atoms with van der Waals surface area (Å²) in [5.74, 6) is 0. The number of carbonyl (C=O) groups is 1. The smallest absolute Gasteiger partial charge is 0.436 e. The molecule has 4 heteroatoms. The van der Waals surface area contributed by atoms with Crippen LogP contribution in [0.4, 0.5) is 4.79 Å². The number of ether oxygens (including phenoxy) is 2. The van der Waals surface area contributed by atoms with Crippen LogP contribution in [-0.2, 0) is 9.47 Å². The molecule has 1 aliphatic carbocycles.